The van der Waals surface area contributed by atoms with E-state index in [0.717, 1.165) is 18.4 Å². The highest BCUT2D eigenvalue weighted by Crippen LogP contribution is 2.27. The van der Waals surface area contributed by atoms with Crippen molar-refractivity contribution in [1.82, 2.24) is 0 Å². The zero-order chi connectivity index (χ0) is 19.2. The molecule has 1 saturated heterocycles. The van der Waals surface area contributed by atoms with Gasteiger partial charge in [0.1, 0.15) is 5.82 Å². The highest BCUT2D eigenvalue weighted by atomic mass is 32.1. The molecule has 4 heteroatoms. The number of rotatable bonds is 3. The van der Waals surface area contributed by atoms with Crippen molar-refractivity contribution in [3.63, 3.8) is 0 Å². The Labute approximate surface area is 164 Å². The van der Waals surface area contributed by atoms with Gasteiger partial charge in [-0.2, -0.15) is 0 Å². The van der Waals surface area contributed by atoms with Crippen molar-refractivity contribution >= 4 is 21.4 Å². The molecule has 0 radical (unpaired) electrons. The molecule has 4 rings (SSSR count). The van der Waals surface area contributed by atoms with Crippen molar-refractivity contribution in [2.75, 3.05) is 0 Å². The molecule has 0 aliphatic carbocycles. The minimum atomic E-state index is -0.303. The number of thiophene rings is 1. The van der Waals surface area contributed by atoms with E-state index in [4.69, 9.17) is 9.84 Å². The molecule has 1 aliphatic heterocycles. The lowest BCUT2D eigenvalue weighted by Crippen LogP contribution is -2.33. The first-order valence-corrected chi connectivity index (χ1v) is 10.4. The quantitative estimate of drug-likeness (QED) is 0.602. The maximum absolute atomic E-state index is 13.5. The van der Waals surface area contributed by atoms with Gasteiger partial charge in [-0.25, -0.2) is 4.39 Å². The Morgan fingerprint density at radius 1 is 1.15 bits per heavy atom. The number of aliphatic hydroxyl groups is 1. The molecule has 2 nitrogen and oxygen atoms in total. The molecule has 2 unspecified atom stereocenters. The van der Waals surface area contributed by atoms with Crippen LogP contribution < -0.4 is 0 Å². The van der Waals surface area contributed by atoms with Crippen molar-refractivity contribution in [1.29, 1.82) is 0 Å². The van der Waals surface area contributed by atoms with E-state index in [0.29, 0.717) is 12.5 Å². The first-order valence-electron chi connectivity index (χ1n) is 9.57. The van der Waals surface area contributed by atoms with Gasteiger partial charge >= 0.3 is 0 Å². The van der Waals surface area contributed by atoms with Gasteiger partial charge < -0.3 is 9.84 Å². The Kier molecular flexibility index (Phi) is 7.00. The summed E-state index contributed by atoms with van der Waals surface area (Å²) in [6.45, 7) is 3.86. The highest BCUT2D eigenvalue weighted by Gasteiger charge is 2.22. The van der Waals surface area contributed by atoms with E-state index in [1.807, 2.05) is 24.3 Å². The first kappa shape index (κ1) is 20.0. The lowest BCUT2D eigenvalue weighted by atomic mass is 10.0. The predicted molar refractivity (Wildman–Crippen MR) is 111 cm³/mol. The fraction of sp³-hybridized carbons (Fsp3) is 0.391. The van der Waals surface area contributed by atoms with Crippen LogP contribution in [0.1, 0.15) is 43.6 Å². The van der Waals surface area contributed by atoms with E-state index in [1.54, 1.807) is 24.3 Å². The van der Waals surface area contributed by atoms with Crippen molar-refractivity contribution in [3.05, 3.63) is 70.9 Å². The van der Waals surface area contributed by atoms with Gasteiger partial charge in [0, 0.05) is 16.0 Å². The maximum atomic E-state index is 13.5. The Morgan fingerprint density at radius 2 is 1.89 bits per heavy atom. The summed E-state index contributed by atoms with van der Waals surface area (Å²) in [7, 11) is 0. The minimum absolute atomic E-state index is 0.0868. The van der Waals surface area contributed by atoms with E-state index in [1.165, 1.54) is 27.5 Å². The Balaban J connectivity index is 0.000000180. The zero-order valence-corrected chi connectivity index (χ0v) is 16.7. The summed E-state index contributed by atoms with van der Waals surface area (Å²) in [6.07, 6.45) is 4.15. The molecule has 3 atom stereocenters. The summed E-state index contributed by atoms with van der Waals surface area (Å²) >= 11 is 1.73. The third kappa shape index (κ3) is 5.61. The molecular weight excluding hydrogens is 359 g/mol. The second-order valence-corrected chi connectivity index (χ2v) is 8.34. The molecule has 0 spiro atoms. The molecule has 2 aromatic carbocycles. The molecule has 0 bridgehead atoms. The molecule has 2 heterocycles. The molecule has 3 aromatic rings. The molecule has 1 aromatic heterocycles. The molecule has 0 amide bonds. The molecule has 0 saturated carbocycles. The summed E-state index contributed by atoms with van der Waals surface area (Å²) in [6, 6.07) is 17.4. The SMILES string of the molecule is CC(O)C1CCC[C@H](C)O1.Fc1ccccc1Cc1cc2ccccc2s1. The summed E-state index contributed by atoms with van der Waals surface area (Å²) < 4.78 is 20.3. The normalized spacial score (nSPS) is 20.7. The third-order valence-corrected chi connectivity index (χ3v) is 5.96. The number of ether oxygens (including phenoxy) is 1. The van der Waals surface area contributed by atoms with E-state index < -0.39 is 0 Å². The molecule has 1 fully saturated rings. The number of fused-ring (bicyclic) bond motifs is 1. The van der Waals surface area contributed by atoms with Crippen LogP contribution in [0.4, 0.5) is 4.39 Å². The average Bonchev–Trinajstić information content (AvgIpc) is 3.06. The van der Waals surface area contributed by atoms with Crippen molar-refractivity contribution in [2.24, 2.45) is 0 Å². The fourth-order valence-electron chi connectivity index (χ4n) is 3.35. The van der Waals surface area contributed by atoms with Gasteiger partial charge in [0.2, 0.25) is 0 Å². The van der Waals surface area contributed by atoms with E-state index in [2.05, 4.69) is 25.1 Å². The highest BCUT2D eigenvalue weighted by molar-refractivity contribution is 7.19. The van der Waals surface area contributed by atoms with Crippen LogP contribution in [0.15, 0.2) is 54.6 Å². The zero-order valence-electron chi connectivity index (χ0n) is 15.9. The van der Waals surface area contributed by atoms with Crippen LogP contribution in [0.5, 0.6) is 0 Å². The monoisotopic (exact) mass is 386 g/mol. The van der Waals surface area contributed by atoms with Crippen LogP contribution in [-0.4, -0.2) is 23.4 Å². The van der Waals surface area contributed by atoms with Crippen molar-refractivity contribution in [2.45, 2.75) is 57.8 Å². The van der Waals surface area contributed by atoms with Crippen LogP contribution in [0.3, 0.4) is 0 Å². The van der Waals surface area contributed by atoms with Crippen LogP contribution in [0, 0.1) is 5.82 Å². The molecule has 1 N–H and O–H groups in total. The number of hydrogen-bond acceptors (Lipinski definition) is 3. The van der Waals surface area contributed by atoms with Gasteiger partial charge in [-0.1, -0.05) is 36.4 Å². The maximum Gasteiger partial charge on any atom is 0.126 e. The smallest absolute Gasteiger partial charge is 0.126 e. The second kappa shape index (κ2) is 9.45. The summed E-state index contributed by atoms with van der Waals surface area (Å²) in [4.78, 5) is 1.20. The van der Waals surface area contributed by atoms with Crippen LogP contribution in [0.25, 0.3) is 10.1 Å². The van der Waals surface area contributed by atoms with E-state index in [-0.39, 0.29) is 18.0 Å². The van der Waals surface area contributed by atoms with Crippen molar-refractivity contribution < 1.29 is 14.2 Å². The van der Waals surface area contributed by atoms with Crippen LogP contribution in [0.2, 0.25) is 0 Å². The van der Waals surface area contributed by atoms with Gasteiger partial charge in [0.25, 0.3) is 0 Å². The number of benzene rings is 2. The fourth-order valence-corrected chi connectivity index (χ4v) is 4.44. The van der Waals surface area contributed by atoms with Crippen LogP contribution >= 0.6 is 11.3 Å². The second-order valence-electron chi connectivity index (χ2n) is 7.18. The summed E-state index contributed by atoms with van der Waals surface area (Å²) in [5.74, 6) is -0.120. The Morgan fingerprint density at radius 3 is 2.56 bits per heavy atom. The van der Waals surface area contributed by atoms with Gasteiger partial charge in [0.05, 0.1) is 18.3 Å². The molecular formula is C23H27FO2S. The number of hydrogen-bond donors (Lipinski definition) is 1. The Hall–Kier alpha value is -1.75. The topological polar surface area (TPSA) is 29.5 Å². The first-order chi connectivity index (χ1) is 13.0. The van der Waals surface area contributed by atoms with E-state index in [9.17, 15) is 4.39 Å². The van der Waals surface area contributed by atoms with E-state index >= 15 is 0 Å². The number of halogens is 1. The molecule has 1 aliphatic rings. The average molecular weight is 387 g/mol. The standard InChI is InChI=1S/C15H11FS.C8H16O2/c16-14-7-3-1-5-11(14)9-13-10-12-6-2-4-8-15(12)17-13;1-6-4-3-5-8(10-6)7(2)9/h1-8,10H,9H2;6-9H,3-5H2,1-2H3/t;6-,7?,8?/m.0/s1. The van der Waals surface area contributed by atoms with Gasteiger partial charge in [-0.05, 0) is 62.3 Å². The minimum Gasteiger partial charge on any atom is -0.391 e. The van der Waals surface area contributed by atoms with Crippen LogP contribution in [-0.2, 0) is 11.2 Å². The largest absolute Gasteiger partial charge is 0.391 e. The van der Waals surface area contributed by atoms with Crippen molar-refractivity contribution in [3.8, 4) is 0 Å². The molecule has 144 valence electrons. The third-order valence-electron chi connectivity index (χ3n) is 4.84. The molecule has 27 heavy (non-hydrogen) atoms. The summed E-state index contributed by atoms with van der Waals surface area (Å²) in [5, 5.41) is 10.4. The predicted octanol–water partition coefficient (Wildman–Crippen LogP) is 5.96. The van der Waals surface area contributed by atoms with Gasteiger partial charge in [0.15, 0.2) is 0 Å². The Bertz CT molecular complexity index is 825. The van der Waals surface area contributed by atoms with Gasteiger partial charge in [-0.3, -0.25) is 0 Å². The van der Waals surface area contributed by atoms with Gasteiger partial charge in [-0.15, -0.1) is 11.3 Å². The number of aliphatic hydroxyl groups excluding tert-OH is 1. The lowest BCUT2D eigenvalue weighted by molar-refractivity contribution is -0.0926. The lowest BCUT2D eigenvalue weighted by Gasteiger charge is -2.29. The summed E-state index contributed by atoms with van der Waals surface area (Å²) in [5.41, 5.74) is 0.763.